The van der Waals surface area contributed by atoms with Crippen LogP contribution in [0.5, 0.6) is 0 Å². The minimum Gasteiger partial charge on any atom is -0.480 e. The predicted molar refractivity (Wildman–Crippen MR) is 93.9 cm³/mol. The molecule has 152 valence electrons. The van der Waals surface area contributed by atoms with Gasteiger partial charge in [-0.05, 0) is 43.4 Å². The molecule has 1 aromatic rings. The number of carbonyl (C=O) groups is 3. The predicted octanol–water partition coefficient (Wildman–Crippen LogP) is 3.16. The molecule has 28 heavy (non-hydrogen) atoms. The summed E-state index contributed by atoms with van der Waals surface area (Å²) in [6.07, 6.45) is -3.10. The molecule has 1 aromatic carbocycles. The summed E-state index contributed by atoms with van der Waals surface area (Å²) in [6.45, 7) is 2.32. The molecule has 2 heterocycles. The SMILES string of the molecule is CC1CCN(C(=O)c2cc(N3CCCC3=O)cc(C(F)(F)F)c2)C(C(=O)O)C1. The normalized spacial score (nSPS) is 23.2. The number of carboxylic acid groups (broad SMARTS) is 1. The molecule has 2 aliphatic rings. The van der Waals surface area contributed by atoms with Crippen LogP contribution in [-0.4, -0.2) is 46.9 Å². The maximum atomic E-state index is 13.4. The molecular weight excluding hydrogens is 377 g/mol. The smallest absolute Gasteiger partial charge is 0.416 e. The average Bonchev–Trinajstić information content (AvgIpc) is 3.06. The summed E-state index contributed by atoms with van der Waals surface area (Å²) in [7, 11) is 0. The number of likely N-dealkylation sites (tertiary alicyclic amines) is 1. The molecule has 0 aliphatic carbocycles. The third-order valence-electron chi connectivity index (χ3n) is 5.29. The number of piperidine rings is 1. The van der Waals surface area contributed by atoms with Crippen molar-refractivity contribution in [1.82, 2.24) is 4.90 Å². The number of anilines is 1. The molecule has 1 N–H and O–H groups in total. The first-order chi connectivity index (χ1) is 13.1. The molecule has 2 aliphatic heterocycles. The van der Waals surface area contributed by atoms with E-state index in [0.717, 1.165) is 17.0 Å². The number of hydrogen-bond donors (Lipinski definition) is 1. The van der Waals surface area contributed by atoms with E-state index in [2.05, 4.69) is 0 Å². The molecule has 2 saturated heterocycles. The summed E-state index contributed by atoms with van der Waals surface area (Å²) >= 11 is 0. The molecule has 3 rings (SSSR count). The van der Waals surface area contributed by atoms with Crippen LogP contribution < -0.4 is 4.90 Å². The van der Waals surface area contributed by atoms with Crippen molar-refractivity contribution in [2.24, 2.45) is 5.92 Å². The lowest BCUT2D eigenvalue weighted by Crippen LogP contribution is -2.49. The first-order valence-electron chi connectivity index (χ1n) is 9.14. The van der Waals surface area contributed by atoms with Crippen LogP contribution in [0.15, 0.2) is 18.2 Å². The lowest BCUT2D eigenvalue weighted by molar-refractivity contribution is -0.144. The van der Waals surface area contributed by atoms with Crippen LogP contribution in [0.4, 0.5) is 18.9 Å². The van der Waals surface area contributed by atoms with Crippen molar-refractivity contribution in [3.63, 3.8) is 0 Å². The Kier molecular flexibility index (Phi) is 5.36. The first kappa shape index (κ1) is 20.2. The standard InChI is InChI=1S/C19H21F3N2O4/c1-11-4-6-24(15(7-11)18(27)28)17(26)12-8-13(19(20,21)22)10-14(9-12)23-5-2-3-16(23)25/h8-11,15H,2-7H2,1H3,(H,27,28). The van der Waals surface area contributed by atoms with Crippen LogP contribution in [0, 0.1) is 5.92 Å². The summed E-state index contributed by atoms with van der Waals surface area (Å²) in [4.78, 5) is 38.8. The number of alkyl halides is 3. The van der Waals surface area contributed by atoms with Crippen molar-refractivity contribution in [3.8, 4) is 0 Å². The van der Waals surface area contributed by atoms with Gasteiger partial charge in [0.25, 0.3) is 5.91 Å². The van der Waals surface area contributed by atoms with Gasteiger partial charge >= 0.3 is 12.1 Å². The Bertz CT molecular complexity index is 809. The number of nitrogens with zero attached hydrogens (tertiary/aromatic N) is 2. The molecular formula is C19H21F3N2O4. The highest BCUT2D eigenvalue weighted by Crippen LogP contribution is 2.35. The largest absolute Gasteiger partial charge is 0.480 e. The van der Waals surface area contributed by atoms with E-state index in [1.807, 2.05) is 6.92 Å². The van der Waals surface area contributed by atoms with Gasteiger partial charge in [0.05, 0.1) is 5.56 Å². The van der Waals surface area contributed by atoms with E-state index >= 15 is 0 Å². The molecule has 2 fully saturated rings. The van der Waals surface area contributed by atoms with E-state index in [0.29, 0.717) is 12.8 Å². The van der Waals surface area contributed by atoms with E-state index in [4.69, 9.17) is 0 Å². The number of aliphatic carboxylic acids is 1. The number of rotatable bonds is 3. The van der Waals surface area contributed by atoms with Gasteiger partial charge in [-0.2, -0.15) is 13.2 Å². The molecule has 0 saturated carbocycles. The van der Waals surface area contributed by atoms with Gasteiger partial charge in [0.1, 0.15) is 6.04 Å². The molecule has 9 heteroatoms. The highest BCUT2D eigenvalue weighted by molar-refractivity contribution is 6.00. The van der Waals surface area contributed by atoms with E-state index in [-0.39, 0.29) is 49.0 Å². The lowest BCUT2D eigenvalue weighted by Gasteiger charge is -2.36. The number of amides is 2. The second-order valence-electron chi connectivity index (χ2n) is 7.40. The summed E-state index contributed by atoms with van der Waals surface area (Å²) in [6, 6.07) is 1.75. The van der Waals surface area contributed by atoms with Gasteiger partial charge in [-0.25, -0.2) is 4.79 Å². The van der Waals surface area contributed by atoms with Crippen LogP contribution in [0.1, 0.15) is 48.5 Å². The quantitative estimate of drug-likeness (QED) is 0.849. The molecule has 6 nitrogen and oxygen atoms in total. The summed E-state index contributed by atoms with van der Waals surface area (Å²) in [5, 5.41) is 9.44. The fourth-order valence-electron chi connectivity index (χ4n) is 3.76. The number of hydrogen-bond acceptors (Lipinski definition) is 3. The second-order valence-corrected chi connectivity index (χ2v) is 7.40. The monoisotopic (exact) mass is 398 g/mol. The molecule has 2 atom stereocenters. The van der Waals surface area contributed by atoms with Crippen molar-refractivity contribution in [3.05, 3.63) is 29.3 Å². The van der Waals surface area contributed by atoms with E-state index in [1.165, 1.54) is 11.0 Å². The van der Waals surface area contributed by atoms with Gasteiger partial charge in [0.15, 0.2) is 0 Å². The van der Waals surface area contributed by atoms with Crippen LogP contribution in [0.3, 0.4) is 0 Å². The molecule has 2 amide bonds. The Balaban J connectivity index is 2.01. The Morgan fingerprint density at radius 2 is 1.89 bits per heavy atom. The fraction of sp³-hybridized carbons (Fsp3) is 0.526. The average molecular weight is 398 g/mol. The minimum atomic E-state index is -4.70. The first-order valence-corrected chi connectivity index (χ1v) is 9.14. The van der Waals surface area contributed by atoms with Gasteiger partial charge in [-0.1, -0.05) is 6.92 Å². The summed E-state index contributed by atoms with van der Waals surface area (Å²) in [5.74, 6) is -2.14. The van der Waals surface area contributed by atoms with E-state index < -0.39 is 29.7 Å². The van der Waals surface area contributed by atoms with Crippen molar-refractivity contribution < 1.29 is 32.7 Å². The van der Waals surface area contributed by atoms with Crippen LogP contribution in [0.25, 0.3) is 0 Å². The number of carbonyl (C=O) groups excluding carboxylic acids is 2. The molecule has 0 radical (unpaired) electrons. The van der Waals surface area contributed by atoms with Crippen molar-refractivity contribution in [2.75, 3.05) is 18.0 Å². The maximum absolute atomic E-state index is 13.4. The van der Waals surface area contributed by atoms with Crippen molar-refractivity contribution in [1.29, 1.82) is 0 Å². The fourth-order valence-corrected chi connectivity index (χ4v) is 3.76. The van der Waals surface area contributed by atoms with Gasteiger partial charge in [-0.15, -0.1) is 0 Å². The van der Waals surface area contributed by atoms with Crippen LogP contribution in [-0.2, 0) is 15.8 Å². The Hall–Kier alpha value is -2.58. The van der Waals surface area contributed by atoms with Crippen molar-refractivity contribution >= 4 is 23.5 Å². The van der Waals surface area contributed by atoms with Gasteiger partial charge in [0, 0.05) is 30.8 Å². The molecule has 0 bridgehead atoms. The van der Waals surface area contributed by atoms with Crippen LogP contribution >= 0.6 is 0 Å². The summed E-state index contributed by atoms with van der Waals surface area (Å²) < 4.78 is 40.1. The molecule has 0 aromatic heterocycles. The zero-order chi connectivity index (χ0) is 20.6. The number of carboxylic acids is 1. The third kappa shape index (κ3) is 3.98. The van der Waals surface area contributed by atoms with Gasteiger partial charge < -0.3 is 14.9 Å². The van der Waals surface area contributed by atoms with Gasteiger partial charge in [0.2, 0.25) is 5.91 Å². The zero-order valence-electron chi connectivity index (χ0n) is 15.3. The topological polar surface area (TPSA) is 77.9 Å². The molecule has 2 unspecified atom stereocenters. The Morgan fingerprint density at radius 1 is 1.18 bits per heavy atom. The third-order valence-corrected chi connectivity index (χ3v) is 5.29. The maximum Gasteiger partial charge on any atom is 0.416 e. The highest BCUT2D eigenvalue weighted by Gasteiger charge is 2.38. The van der Waals surface area contributed by atoms with E-state index in [1.54, 1.807) is 0 Å². The number of halogens is 3. The molecule has 0 spiro atoms. The number of benzene rings is 1. The minimum absolute atomic E-state index is 0.0120. The lowest BCUT2D eigenvalue weighted by atomic mass is 9.91. The highest BCUT2D eigenvalue weighted by atomic mass is 19.4. The Morgan fingerprint density at radius 3 is 2.46 bits per heavy atom. The Labute approximate surface area is 159 Å². The van der Waals surface area contributed by atoms with Gasteiger partial charge in [-0.3, -0.25) is 9.59 Å². The zero-order valence-corrected chi connectivity index (χ0v) is 15.3. The van der Waals surface area contributed by atoms with Crippen molar-refractivity contribution in [2.45, 2.75) is 44.8 Å². The summed E-state index contributed by atoms with van der Waals surface area (Å²) in [5.41, 5.74) is -1.28. The van der Waals surface area contributed by atoms with E-state index in [9.17, 15) is 32.7 Å². The van der Waals surface area contributed by atoms with Crippen LogP contribution in [0.2, 0.25) is 0 Å². The second kappa shape index (κ2) is 7.44.